The van der Waals surface area contributed by atoms with E-state index in [0.717, 1.165) is 14.5 Å². The van der Waals surface area contributed by atoms with Crippen LogP contribution in [0.5, 0.6) is 0 Å². The molecule has 0 amide bonds. The number of benzene rings is 2. The maximum atomic E-state index is 13.8. The lowest BCUT2D eigenvalue weighted by molar-refractivity contribution is 0.529. The first-order valence-electron chi connectivity index (χ1n) is 5.87. The summed E-state index contributed by atoms with van der Waals surface area (Å²) in [5.74, 6) is 5.34. The molecular weight excluding hydrogens is 410 g/mol. The van der Waals surface area contributed by atoms with E-state index in [2.05, 4.69) is 37.3 Å². The van der Waals surface area contributed by atoms with Gasteiger partial charge in [-0.2, -0.15) is 0 Å². The first kappa shape index (κ1) is 15.9. The molecule has 6 heteroatoms. The van der Waals surface area contributed by atoms with Crippen molar-refractivity contribution < 1.29 is 4.39 Å². The third kappa shape index (κ3) is 3.59. The van der Waals surface area contributed by atoms with Gasteiger partial charge in [0.05, 0.1) is 11.1 Å². The molecule has 2 rings (SSSR count). The highest BCUT2D eigenvalue weighted by atomic mass is 79.9. The third-order valence-corrected chi connectivity index (χ3v) is 4.79. The Morgan fingerprint density at radius 2 is 2.00 bits per heavy atom. The predicted octanol–water partition coefficient (Wildman–Crippen LogP) is 4.75. The van der Waals surface area contributed by atoms with Crippen molar-refractivity contribution in [3.05, 3.63) is 67.3 Å². The molecule has 20 heavy (non-hydrogen) atoms. The van der Waals surface area contributed by atoms with E-state index in [1.807, 2.05) is 18.2 Å². The minimum atomic E-state index is -0.274. The highest BCUT2D eigenvalue weighted by Crippen LogP contribution is 2.32. The molecule has 0 fully saturated rings. The molecule has 1 atom stereocenters. The summed E-state index contributed by atoms with van der Waals surface area (Å²) in [5, 5.41) is 0.575. The van der Waals surface area contributed by atoms with E-state index in [1.54, 1.807) is 12.1 Å². The average molecular weight is 423 g/mol. The molecule has 0 bridgehead atoms. The molecule has 0 aromatic heterocycles. The summed E-state index contributed by atoms with van der Waals surface area (Å²) in [7, 11) is 0. The largest absolute Gasteiger partial charge is 0.271 e. The first-order chi connectivity index (χ1) is 9.52. The van der Waals surface area contributed by atoms with Gasteiger partial charge in [-0.15, -0.1) is 0 Å². The minimum Gasteiger partial charge on any atom is -0.271 e. The number of halogens is 4. The van der Waals surface area contributed by atoms with Crippen LogP contribution in [0, 0.1) is 5.82 Å². The summed E-state index contributed by atoms with van der Waals surface area (Å²) < 4.78 is 15.4. The van der Waals surface area contributed by atoms with Crippen LogP contribution in [0.4, 0.5) is 4.39 Å². The van der Waals surface area contributed by atoms with Crippen LogP contribution in [0.3, 0.4) is 0 Å². The predicted molar refractivity (Wildman–Crippen MR) is 87.0 cm³/mol. The molecule has 2 nitrogen and oxygen atoms in total. The van der Waals surface area contributed by atoms with Gasteiger partial charge in [0.15, 0.2) is 0 Å². The van der Waals surface area contributed by atoms with Crippen molar-refractivity contribution in [2.75, 3.05) is 0 Å². The molecule has 106 valence electrons. The zero-order chi connectivity index (χ0) is 14.7. The SMILES string of the molecule is NNC(Cc1cc(Br)ccc1F)c1cccc(Br)c1Cl. The Balaban J connectivity index is 2.34. The molecule has 0 aliphatic heterocycles. The van der Waals surface area contributed by atoms with Crippen molar-refractivity contribution in [1.82, 2.24) is 5.43 Å². The van der Waals surface area contributed by atoms with E-state index in [-0.39, 0.29) is 11.9 Å². The Hall–Kier alpha value is -0.460. The summed E-state index contributed by atoms with van der Waals surface area (Å²) in [6.45, 7) is 0. The van der Waals surface area contributed by atoms with Gasteiger partial charge in [0.2, 0.25) is 0 Å². The molecule has 1 unspecified atom stereocenters. The van der Waals surface area contributed by atoms with E-state index in [0.29, 0.717) is 17.0 Å². The van der Waals surface area contributed by atoms with Crippen LogP contribution in [0.25, 0.3) is 0 Å². The van der Waals surface area contributed by atoms with Gasteiger partial charge in [-0.05, 0) is 57.7 Å². The molecule has 2 aromatic carbocycles. The monoisotopic (exact) mass is 420 g/mol. The molecule has 0 spiro atoms. The fourth-order valence-electron chi connectivity index (χ4n) is 1.97. The fourth-order valence-corrected chi connectivity index (χ4v) is 3.02. The van der Waals surface area contributed by atoms with Crippen LogP contribution < -0.4 is 11.3 Å². The van der Waals surface area contributed by atoms with E-state index >= 15 is 0 Å². The molecule has 0 saturated heterocycles. The quantitative estimate of drug-likeness (QED) is 0.551. The van der Waals surface area contributed by atoms with Crippen molar-refractivity contribution in [2.45, 2.75) is 12.5 Å². The molecule has 0 radical (unpaired) electrons. The van der Waals surface area contributed by atoms with Gasteiger partial charge < -0.3 is 0 Å². The van der Waals surface area contributed by atoms with Crippen LogP contribution in [-0.4, -0.2) is 0 Å². The normalized spacial score (nSPS) is 12.4. The number of rotatable bonds is 4. The van der Waals surface area contributed by atoms with Crippen molar-refractivity contribution in [2.24, 2.45) is 5.84 Å². The summed E-state index contributed by atoms with van der Waals surface area (Å²) in [6.07, 6.45) is 0.401. The summed E-state index contributed by atoms with van der Waals surface area (Å²) >= 11 is 13.0. The highest BCUT2D eigenvalue weighted by molar-refractivity contribution is 9.10. The molecule has 0 aliphatic carbocycles. The lowest BCUT2D eigenvalue weighted by Crippen LogP contribution is -2.30. The third-order valence-electron chi connectivity index (χ3n) is 2.99. The maximum absolute atomic E-state index is 13.8. The molecule has 2 aromatic rings. The van der Waals surface area contributed by atoms with Crippen LogP contribution in [0.1, 0.15) is 17.2 Å². The minimum absolute atomic E-state index is 0.264. The second-order valence-corrected chi connectivity index (χ2v) is 6.45. The molecule has 0 heterocycles. The fraction of sp³-hybridized carbons (Fsp3) is 0.143. The van der Waals surface area contributed by atoms with Crippen LogP contribution in [0.15, 0.2) is 45.3 Å². The van der Waals surface area contributed by atoms with E-state index in [1.165, 1.54) is 6.07 Å². The number of nitrogens with two attached hydrogens (primary N) is 1. The van der Waals surface area contributed by atoms with E-state index < -0.39 is 0 Å². The van der Waals surface area contributed by atoms with Crippen molar-refractivity contribution in [1.29, 1.82) is 0 Å². The molecular formula is C14H12Br2ClFN2. The lowest BCUT2D eigenvalue weighted by atomic mass is 9.99. The maximum Gasteiger partial charge on any atom is 0.126 e. The average Bonchev–Trinajstić information content (AvgIpc) is 2.43. The van der Waals surface area contributed by atoms with Gasteiger partial charge in [-0.3, -0.25) is 11.3 Å². The first-order valence-corrected chi connectivity index (χ1v) is 7.83. The number of hydrogen-bond acceptors (Lipinski definition) is 2. The van der Waals surface area contributed by atoms with Crippen molar-refractivity contribution >= 4 is 43.5 Å². The van der Waals surface area contributed by atoms with Crippen LogP contribution in [0.2, 0.25) is 5.02 Å². The zero-order valence-electron chi connectivity index (χ0n) is 10.3. The molecule has 3 N–H and O–H groups in total. The van der Waals surface area contributed by atoms with Gasteiger partial charge in [-0.1, -0.05) is 39.7 Å². The summed E-state index contributed by atoms with van der Waals surface area (Å²) in [4.78, 5) is 0. The second kappa shape index (κ2) is 7.00. The Kier molecular flexibility index (Phi) is 5.57. The Morgan fingerprint density at radius 1 is 1.25 bits per heavy atom. The van der Waals surface area contributed by atoms with Crippen LogP contribution >= 0.6 is 43.5 Å². The zero-order valence-corrected chi connectivity index (χ0v) is 14.3. The smallest absolute Gasteiger partial charge is 0.126 e. The molecule has 0 aliphatic rings. The Bertz CT molecular complexity index is 622. The topological polar surface area (TPSA) is 38.0 Å². The lowest BCUT2D eigenvalue weighted by Gasteiger charge is -2.19. The van der Waals surface area contributed by atoms with Crippen molar-refractivity contribution in [3.8, 4) is 0 Å². The summed E-state index contributed by atoms with van der Waals surface area (Å²) in [6, 6.07) is 10.1. The van der Waals surface area contributed by atoms with Gasteiger partial charge in [0, 0.05) is 8.95 Å². The van der Waals surface area contributed by atoms with Crippen LogP contribution in [-0.2, 0) is 6.42 Å². The van der Waals surface area contributed by atoms with Crippen molar-refractivity contribution in [3.63, 3.8) is 0 Å². The summed E-state index contributed by atoms with van der Waals surface area (Å²) in [5.41, 5.74) is 4.08. The Morgan fingerprint density at radius 3 is 2.70 bits per heavy atom. The second-order valence-electron chi connectivity index (χ2n) is 4.30. The highest BCUT2D eigenvalue weighted by Gasteiger charge is 2.17. The van der Waals surface area contributed by atoms with Gasteiger partial charge in [0.1, 0.15) is 5.82 Å². The van der Waals surface area contributed by atoms with Gasteiger partial charge in [0.25, 0.3) is 0 Å². The number of nitrogens with one attached hydrogen (secondary N) is 1. The Labute approximate surface area is 138 Å². The van der Waals surface area contributed by atoms with E-state index in [9.17, 15) is 4.39 Å². The van der Waals surface area contributed by atoms with E-state index in [4.69, 9.17) is 17.4 Å². The van der Waals surface area contributed by atoms with Gasteiger partial charge >= 0.3 is 0 Å². The number of hydrazine groups is 1. The standard InChI is InChI=1S/C14H12Br2ClFN2/c15-9-4-5-12(18)8(6-9)7-13(20-19)10-2-1-3-11(16)14(10)17/h1-6,13,20H,7,19H2. The number of hydrogen-bond donors (Lipinski definition) is 2. The molecule has 0 saturated carbocycles. The van der Waals surface area contributed by atoms with Gasteiger partial charge in [-0.25, -0.2) is 4.39 Å².